The molecule has 0 unspecified atom stereocenters. The zero-order valence-corrected chi connectivity index (χ0v) is 20.0. The van der Waals surface area contributed by atoms with Crippen LogP contribution in [0, 0.1) is 17.8 Å². The largest absolute Gasteiger partial charge is 0.493 e. The Balaban J connectivity index is 1.22. The Morgan fingerprint density at radius 3 is 2.09 bits per heavy atom. The molecule has 4 fully saturated rings. The van der Waals surface area contributed by atoms with Crippen LogP contribution in [-0.2, 0) is 10.2 Å². The lowest BCUT2D eigenvalue weighted by Crippen LogP contribution is -2.48. The van der Waals surface area contributed by atoms with Crippen molar-refractivity contribution < 1.29 is 14.3 Å². The lowest BCUT2D eigenvalue weighted by atomic mass is 9.48. The van der Waals surface area contributed by atoms with Crippen LogP contribution in [0.3, 0.4) is 0 Å². The van der Waals surface area contributed by atoms with Crippen LogP contribution in [0.1, 0.15) is 51.0 Å². The summed E-state index contributed by atoms with van der Waals surface area (Å²) < 4.78 is 10.7. The molecule has 1 atom stereocenters. The first kappa shape index (κ1) is 21.7. The first-order chi connectivity index (χ1) is 15.5. The van der Waals surface area contributed by atoms with Crippen molar-refractivity contribution >= 4 is 23.4 Å². The summed E-state index contributed by atoms with van der Waals surface area (Å²) >= 11 is 1.51. The Labute approximate surface area is 195 Å². The topological polar surface area (TPSA) is 47.6 Å². The number of benzene rings is 2. The average molecular weight is 452 g/mol. The van der Waals surface area contributed by atoms with Gasteiger partial charge in [0.2, 0.25) is 5.91 Å². The molecule has 0 saturated heterocycles. The van der Waals surface area contributed by atoms with Gasteiger partial charge in [0.05, 0.1) is 19.5 Å². The van der Waals surface area contributed by atoms with Crippen molar-refractivity contribution in [2.45, 2.75) is 61.0 Å². The average Bonchev–Trinajstić information content (AvgIpc) is 2.78. The molecule has 4 aliphatic rings. The molecule has 0 aromatic heterocycles. The normalized spacial score (nSPS) is 28.9. The van der Waals surface area contributed by atoms with Crippen molar-refractivity contribution in [3.05, 3.63) is 48.0 Å². The van der Waals surface area contributed by atoms with Crippen LogP contribution in [0.25, 0.3) is 0 Å². The molecule has 170 valence electrons. The maximum absolute atomic E-state index is 12.8. The van der Waals surface area contributed by atoms with Gasteiger partial charge in [-0.05, 0) is 105 Å². The van der Waals surface area contributed by atoms with E-state index in [-0.39, 0.29) is 11.2 Å². The van der Waals surface area contributed by atoms with Crippen molar-refractivity contribution in [1.82, 2.24) is 0 Å². The van der Waals surface area contributed by atoms with Gasteiger partial charge in [0, 0.05) is 10.6 Å². The summed E-state index contributed by atoms with van der Waals surface area (Å²) in [5, 5.41) is 2.87. The molecule has 0 spiro atoms. The Morgan fingerprint density at radius 1 is 0.938 bits per heavy atom. The molecule has 1 amide bonds. The molecule has 4 aliphatic carbocycles. The van der Waals surface area contributed by atoms with Gasteiger partial charge < -0.3 is 14.8 Å². The number of carbonyl (C=O) groups is 1. The van der Waals surface area contributed by atoms with Gasteiger partial charge in [0.15, 0.2) is 11.5 Å². The molecule has 0 aliphatic heterocycles. The Morgan fingerprint density at radius 2 is 1.53 bits per heavy atom. The van der Waals surface area contributed by atoms with E-state index >= 15 is 0 Å². The first-order valence-electron chi connectivity index (χ1n) is 11.8. The van der Waals surface area contributed by atoms with Gasteiger partial charge >= 0.3 is 0 Å². The van der Waals surface area contributed by atoms with E-state index in [1.807, 2.05) is 25.1 Å². The van der Waals surface area contributed by atoms with E-state index in [1.54, 1.807) is 14.2 Å². The number of methoxy groups -OCH3 is 2. The van der Waals surface area contributed by atoms with Gasteiger partial charge in [-0.15, -0.1) is 11.8 Å². The highest BCUT2D eigenvalue weighted by Gasteiger charge is 2.51. The minimum absolute atomic E-state index is 0.00680. The van der Waals surface area contributed by atoms with Crippen LogP contribution in [-0.4, -0.2) is 25.4 Å². The summed E-state index contributed by atoms with van der Waals surface area (Å²) in [6, 6.07) is 14.5. The maximum atomic E-state index is 12.8. The first-order valence-corrected chi connectivity index (χ1v) is 12.7. The number of nitrogens with one attached hydrogen (secondary N) is 1. The van der Waals surface area contributed by atoms with Crippen LogP contribution < -0.4 is 14.8 Å². The van der Waals surface area contributed by atoms with E-state index in [9.17, 15) is 4.79 Å². The lowest BCUT2D eigenvalue weighted by molar-refractivity contribution is -0.115. The third-order valence-electron chi connectivity index (χ3n) is 7.84. The van der Waals surface area contributed by atoms with E-state index < -0.39 is 0 Å². The third kappa shape index (κ3) is 4.12. The quantitative estimate of drug-likeness (QED) is 0.503. The molecule has 5 heteroatoms. The van der Waals surface area contributed by atoms with Crippen LogP contribution in [0.4, 0.5) is 5.69 Å². The maximum Gasteiger partial charge on any atom is 0.237 e. The van der Waals surface area contributed by atoms with E-state index in [4.69, 9.17) is 9.47 Å². The number of hydrogen-bond acceptors (Lipinski definition) is 4. The Hall–Kier alpha value is -2.14. The minimum atomic E-state index is -0.226. The molecule has 4 nitrogen and oxygen atoms in total. The highest BCUT2D eigenvalue weighted by molar-refractivity contribution is 8.00. The number of ether oxygens (including phenoxy) is 2. The second-order valence-electron chi connectivity index (χ2n) is 10.0. The SMILES string of the molecule is COc1ccc(S[C@@H](C)C(=O)Nc2ccc(C34CC5CC(CC(C5)C3)C4)cc2)cc1OC. The second kappa shape index (κ2) is 8.66. The summed E-state index contributed by atoms with van der Waals surface area (Å²) in [5.74, 6) is 4.19. The molecule has 0 heterocycles. The van der Waals surface area contributed by atoms with Crippen LogP contribution >= 0.6 is 11.8 Å². The zero-order chi connectivity index (χ0) is 22.3. The third-order valence-corrected chi connectivity index (χ3v) is 8.93. The van der Waals surface area contributed by atoms with Crippen molar-refractivity contribution in [2.75, 3.05) is 19.5 Å². The number of carbonyl (C=O) groups excluding carboxylic acids is 1. The van der Waals surface area contributed by atoms with Crippen LogP contribution in [0.2, 0.25) is 0 Å². The molecule has 4 bridgehead atoms. The summed E-state index contributed by atoms with van der Waals surface area (Å²) in [4.78, 5) is 13.8. The molecule has 6 rings (SSSR count). The Kier molecular flexibility index (Phi) is 5.87. The molecule has 2 aromatic rings. The lowest BCUT2D eigenvalue weighted by Gasteiger charge is -2.57. The van der Waals surface area contributed by atoms with E-state index in [0.29, 0.717) is 16.9 Å². The highest BCUT2D eigenvalue weighted by atomic mass is 32.2. The summed E-state index contributed by atoms with van der Waals surface area (Å²) in [5.41, 5.74) is 2.76. The van der Waals surface area contributed by atoms with E-state index in [2.05, 4.69) is 29.6 Å². The molecular weight excluding hydrogens is 418 g/mol. The number of thioether (sulfide) groups is 1. The zero-order valence-electron chi connectivity index (χ0n) is 19.2. The fraction of sp³-hybridized carbons (Fsp3) is 0.519. The monoisotopic (exact) mass is 451 g/mol. The summed E-state index contributed by atoms with van der Waals surface area (Å²) in [7, 11) is 3.24. The van der Waals surface area contributed by atoms with E-state index in [1.165, 1.54) is 55.9 Å². The molecule has 2 aromatic carbocycles. The predicted octanol–water partition coefficient (Wildman–Crippen LogP) is 6.29. The van der Waals surface area contributed by atoms with Gasteiger partial charge in [-0.25, -0.2) is 0 Å². The predicted molar refractivity (Wildman–Crippen MR) is 130 cm³/mol. The second-order valence-corrected chi connectivity index (χ2v) is 11.5. The number of anilines is 1. The Bertz CT molecular complexity index is 952. The van der Waals surface area contributed by atoms with Crippen LogP contribution in [0.5, 0.6) is 11.5 Å². The van der Waals surface area contributed by atoms with Gasteiger partial charge in [0.25, 0.3) is 0 Å². The fourth-order valence-electron chi connectivity index (χ4n) is 6.76. The van der Waals surface area contributed by atoms with Crippen LogP contribution in [0.15, 0.2) is 47.4 Å². The van der Waals surface area contributed by atoms with Crippen molar-refractivity contribution in [3.8, 4) is 11.5 Å². The summed E-state index contributed by atoms with van der Waals surface area (Å²) in [6.07, 6.45) is 8.48. The molecule has 32 heavy (non-hydrogen) atoms. The number of rotatable bonds is 7. The smallest absolute Gasteiger partial charge is 0.237 e. The van der Waals surface area contributed by atoms with Crippen molar-refractivity contribution in [1.29, 1.82) is 0 Å². The fourth-order valence-corrected chi connectivity index (χ4v) is 7.66. The molecule has 1 N–H and O–H groups in total. The van der Waals surface area contributed by atoms with Gasteiger partial charge in [-0.3, -0.25) is 4.79 Å². The van der Waals surface area contributed by atoms with Crippen molar-refractivity contribution in [2.24, 2.45) is 17.8 Å². The van der Waals surface area contributed by atoms with Gasteiger partial charge in [-0.2, -0.15) is 0 Å². The standard InChI is InChI=1S/C27H33NO3S/c1-17(32-23-8-9-24(30-2)25(13-23)31-3)26(29)28-22-6-4-21(5-7-22)27-14-18-10-19(15-27)12-20(11-18)16-27/h4-9,13,17-20H,10-12,14-16H2,1-3H3,(H,28,29)/t17-,18?,19?,20?,27?/m0/s1. The number of hydrogen-bond donors (Lipinski definition) is 1. The van der Waals surface area contributed by atoms with Gasteiger partial charge in [-0.1, -0.05) is 12.1 Å². The van der Waals surface area contributed by atoms with Gasteiger partial charge in [0.1, 0.15) is 0 Å². The minimum Gasteiger partial charge on any atom is -0.493 e. The molecule has 0 radical (unpaired) electrons. The number of amides is 1. The van der Waals surface area contributed by atoms with Crippen molar-refractivity contribution in [3.63, 3.8) is 0 Å². The highest BCUT2D eigenvalue weighted by Crippen LogP contribution is 2.60. The molecular formula is C27H33NO3S. The summed E-state index contributed by atoms with van der Waals surface area (Å²) in [6.45, 7) is 1.93. The van der Waals surface area contributed by atoms with E-state index in [0.717, 1.165) is 28.3 Å². The molecule has 4 saturated carbocycles.